The van der Waals surface area contributed by atoms with Crippen molar-refractivity contribution in [2.45, 2.75) is 39.3 Å². The highest BCUT2D eigenvalue weighted by Gasteiger charge is 2.33. The molecule has 0 saturated heterocycles. The van der Waals surface area contributed by atoms with Gasteiger partial charge in [0.05, 0.1) is 28.3 Å². The molecular weight excluding hydrogens is 559 g/mol. The number of ether oxygens (including phenoxy) is 1. The molecule has 0 aliphatic carbocycles. The highest BCUT2D eigenvalue weighted by molar-refractivity contribution is 7.92. The van der Waals surface area contributed by atoms with Crippen LogP contribution in [-0.2, 0) is 26.2 Å². The Morgan fingerprint density at radius 3 is 2.34 bits per heavy atom. The van der Waals surface area contributed by atoms with Gasteiger partial charge < -0.3 is 15.0 Å². The van der Waals surface area contributed by atoms with Crippen LogP contribution in [0.15, 0.2) is 36.4 Å². The fraction of sp³-hybridized carbons (Fsp3) is 0.417. The first-order chi connectivity index (χ1) is 17.8. The highest BCUT2D eigenvalue weighted by Crippen LogP contribution is 2.34. The SMILES string of the molecule is CCCNC(=O)[C@H](CC)N(Cc1ccc(Cl)c(Cl)c1)C(=O)CN(c1cc([N+](=O)[O-])ccc1OC)S(C)(=O)=O. The molecule has 1 atom stereocenters. The predicted octanol–water partition coefficient (Wildman–Crippen LogP) is 4.01. The maximum absolute atomic E-state index is 13.7. The van der Waals surface area contributed by atoms with Crippen LogP contribution >= 0.6 is 23.2 Å². The minimum absolute atomic E-state index is 0.0117. The van der Waals surface area contributed by atoms with Crippen molar-refractivity contribution in [3.8, 4) is 5.75 Å². The summed E-state index contributed by atoms with van der Waals surface area (Å²) in [6.45, 7) is 3.19. The summed E-state index contributed by atoms with van der Waals surface area (Å²) in [5.41, 5.74) is -0.0104. The van der Waals surface area contributed by atoms with Crippen molar-refractivity contribution in [1.82, 2.24) is 10.2 Å². The van der Waals surface area contributed by atoms with Crippen LogP contribution in [-0.4, -0.2) is 62.6 Å². The van der Waals surface area contributed by atoms with Gasteiger partial charge in [-0.2, -0.15) is 0 Å². The molecule has 0 unspecified atom stereocenters. The quantitative estimate of drug-likeness (QED) is 0.275. The van der Waals surface area contributed by atoms with Gasteiger partial charge in [0.1, 0.15) is 24.0 Å². The Hall–Kier alpha value is -3.09. The lowest BCUT2D eigenvalue weighted by atomic mass is 10.1. The number of amides is 2. The van der Waals surface area contributed by atoms with Crippen molar-refractivity contribution in [3.05, 3.63) is 62.1 Å². The molecule has 2 aromatic rings. The maximum atomic E-state index is 13.7. The van der Waals surface area contributed by atoms with Crippen LogP contribution in [0.25, 0.3) is 0 Å². The number of halogens is 2. The summed E-state index contributed by atoms with van der Waals surface area (Å²) in [5.74, 6) is -1.10. The first-order valence-corrected chi connectivity index (χ1v) is 14.3. The number of nitrogens with zero attached hydrogens (tertiary/aromatic N) is 3. The zero-order chi connectivity index (χ0) is 28.6. The second kappa shape index (κ2) is 13.6. The van der Waals surface area contributed by atoms with E-state index in [0.717, 1.165) is 22.7 Å². The summed E-state index contributed by atoms with van der Waals surface area (Å²) in [5, 5.41) is 14.7. The van der Waals surface area contributed by atoms with Gasteiger partial charge in [-0.05, 0) is 36.6 Å². The van der Waals surface area contributed by atoms with E-state index in [1.165, 1.54) is 18.1 Å². The molecule has 0 bridgehead atoms. The van der Waals surface area contributed by atoms with E-state index >= 15 is 0 Å². The van der Waals surface area contributed by atoms with Crippen molar-refractivity contribution in [2.24, 2.45) is 0 Å². The summed E-state index contributed by atoms with van der Waals surface area (Å²) < 4.78 is 31.6. The Kier molecular flexibility index (Phi) is 11.2. The van der Waals surface area contributed by atoms with Gasteiger partial charge in [0.15, 0.2) is 0 Å². The number of non-ortho nitro benzene ring substituents is 1. The number of methoxy groups -OCH3 is 1. The lowest BCUT2D eigenvalue weighted by molar-refractivity contribution is -0.384. The molecule has 208 valence electrons. The highest BCUT2D eigenvalue weighted by atomic mass is 35.5. The third kappa shape index (κ3) is 7.95. The lowest BCUT2D eigenvalue weighted by Crippen LogP contribution is -2.52. The number of sulfonamides is 1. The molecule has 38 heavy (non-hydrogen) atoms. The van der Waals surface area contributed by atoms with E-state index in [9.17, 15) is 28.1 Å². The van der Waals surface area contributed by atoms with Gasteiger partial charge in [0, 0.05) is 25.2 Å². The molecule has 2 rings (SSSR count). The van der Waals surface area contributed by atoms with Crippen LogP contribution in [0.5, 0.6) is 5.75 Å². The lowest BCUT2D eigenvalue weighted by Gasteiger charge is -2.33. The molecule has 2 aromatic carbocycles. The molecule has 0 spiro atoms. The topological polar surface area (TPSA) is 139 Å². The first-order valence-electron chi connectivity index (χ1n) is 11.6. The van der Waals surface area contributed by atoms with E-state index in [0.29, 0.717) is 23.6 Å². The van der Waals surface area contributed by atoms with Crippen LogP contribution in [0.4, 0.5) is 11.4 Å². The van der Waals surface area contributed by atoms with Crippen molar-refractivity contribution in [2.75, 3.05) is 30.8 Å². The first kappa shape index (κ1) is 31.1. The molecule has 0 aliphatic heterocycles. The molecule has 11 nitrogen and oxygen atoms in total. The van der Waals surface area contributed by atoms with Crippen molar-refractivity contribution >= 4 is 56.4 Å². The van der Waals surface area contributed by atoms with E-state index in [4.69, 9.17) is 27.9 Å². The molecule has 0 saturated carbocycles. The number of anilines is 1. The number of benzene rings is 2. The van der Waals surface area contributed by atoms with Gasteiger partial charge in [-0.1, -0.05) is 43.1 Å². The molecular formula is C24H30Cl2N4O7S. The van der Waals surface area contributed by atoms with Crippen LogP contribution in [0.2, 0.25) is 10.0 Å². The fourth-order valence-electron chi connectivity index (χ4n) is 3.70. The third-order valence-corrected chi connectivity index (χ3v) is 7.46. The molecule has 1 N–H and O–H groups in total. The van der Waals surface area contributed by atoms with Crippen LogP contribution < -0.4 is 14.4 Å². The number of hydrogen-bond acceptors (Lipinski definition) is 7. The maximum Gasteiger partial charge on any atom is 0.271 e. The molecule has 2 amide bonds. The molecule has 14 heteroatoms. The number of hydrogen-bond donors (Lipinski definition) is 1. The van der Waals surface area contributed by atoms with Gasteiger partial charge in [0.2, 0.25) is 21.8 Å². The summed E-state index contributed by atoms with van der Waals surface area (Å²) in [6, 6.07) is 7.24. The van der Waals surface area contributed by atoms with E-state index in [1.54, 1.807) is 25.1 Å². The van der Waals surface area contributed by atoms with Crippen LogP contribution in [0, 0.1) is 10.1 Å². The molecule has 0 aliphatic rings. The standard InChI is InChI=1S/C24H30Cl2N4O7S/c1-5-11-27-24(32)20(6-2)28(14-16-7-9-18(25)19(26)12-16)23(31)15-29(38(4,35)36)21-13-17(30(33)34)8-10-22(21)37-3/h7-10,12-13,20H,5-6,11,14-15H2,1-4H3,(H,27,32)/t20-/m0/s1. The summed E-state index contributed by atoms with van der Waals surface area (Å²) in [6.07, 6.45) is 1.78. The van der Waals surface area contributed by atoms with Crippen molar-refractivity contribution < 1.29 is 27.7 Å². The monoisotopic (exact) mass is 588 g/mol. The molecule has 0 heterocycles. The van der Waals surface area contributed by atoms with Gasteiger partial charge in [-0.3, -0.25) is 24.0 Å². The fourth-order valence-corrected chi connectivity index (χ4v) is 4.87. The van der Waals surface area contributed by atoms with E-state index in [2.05, 4.69) is 5.32 Å². The second-order valence-electron chi connectivity index (χ2n) is 8.37. The Morgan fingerprint density at radius 2 is 1.82 bits per heavy atom. The average Bonchev–Trinajstić information content (AvgIpc) is 2.86. The zero-order valence-electron chi connectivity index (χ0n) is 21.4. The minimum atomic E-state index is -4.13. The van der Waals surface area contributed by atoms with E-state index < -0.39 is 39.3 Å². The Labute approximate surface area is 231 Å². The summed E-state index contributed by atoms with van der Waals surface area (Å²) in [7, 11) is -2.86. The third-order valence-electron chi connectivity index (χ3n) is 5.59. The smallest absolute Gasteiger partial charge is 0.271 e. The predicted molar refractivity (Wildman–Crippen MR) is 146 cm³/mol. The number of carbonyl (C=O) groups excluding carboxylic acids is 2. The zero-order valence-corrected chi connectivity index (χ0v) is 23.8. The van der Waals surface area contributed by atoms with Crippen molar-refractivity contribution in [1.29, 1.82) is 0 Å². The van der Waals surface area contributed by atoms with E-state index in [1.807, 2.05) is 6.92 Å². The molecule has 0 radical (unpaired) electrons. The Bertz CT molecular complexity index is 1290. The number of rotatable bonds is 13. The van der Waals surface area contributed by atoms with Gasteiger partial charge >= 0.3 is 0 Å². The van der Waals surface area contributed by atoms with Crippen LogP contribution in [0.3, 0.4) is 0 Å². The minimum Gasteiger partial charge on any atom is -0.495 e. The van der Waals surface area contributed by atoms with Crippen molar-refractivity contribution in [3.63, 3.8) is 0 Å². The van der Waals surface area contributed by atoms with Gasteiger partial charge in [0.25, 0.3) is 5.69 Å². The average molecular weight is 589 g/mol. The Morgan fingerprint density at radius 1 is 1.13 bits per heavy atom. The second-order valence-corrected chi connectivity index (χ2v) is 11.1. The number of carbonyl (C=O) groups is 2. The summed E-state index contributed by atoms with van der Waals surface area (Å²) >= 11 is 12.2. The largest absolute Gasteiger partial charge is 0.495 e. The number of nitro benzene ring substituents is 1. The van der Waals surface area contributed by atoms with Gasteiger partial charge in [-0.15, -0.1) is 0 Å². The Balaban J connectivity index is 2.57. The van der Waals surface area contributed by atoms with Gasteiger partial charge in [-0.25, -0.2) is 8.42 Å². The summed E-state index contributed by atoms with van der Waals surface area (Å²) in [4.78, 5) is 38.6. The number of nitro groups is 1. The van der Waals surface area contributed by atoms with Crippen LogP contribution in [0.1, 0.15) is 32.3 Å². The molecule has 0 fully saturated rings. The molecule has 0 aromatic heterocycles. The van der Waals surface area contributed by atoms with E-state index in [-0.39, 0.29) is 35.1 Å². The normalized spacial score (nSPS) is 11.9. The number of nitrogens with one attached hydrogen (secondary N) is 1.